The molecular formula is C24H31N5O4. The van der Waals surface area contributed by atoms with Gasteiger partial charge in [-0.25, -0.2) is 4.98 Å². The van der Waals surface area contributed by atoms with Gasteiger partial charge < -0.3 is 29.2 Å². The van der Waals surface area contributed by atoms with E-state index in [-0.39, 0.29) is 5.91 Å². The summed E-state index contributed by atoms with van der Waals surface area (Å²) in [5, 5.41) is 0. The van der Waals surface area contributed by atoms with Crippen molar-refractivity contribution in [1.29, 1.82) is 0 Å². The van der Waals surface area contributed by atoms with E-state index in [1.165, 1.54) is 0 Å². The molecule has 1 aliphatic heterocycles. The molecule has 0 saturated carbocycles. The van der Waals surface area contributed by atoms with Gasteiger partial charge in [-0.1, -0.05) is 0 Å². The monoisotopic (exact) mass is 453 g/mol. The van der Waals surface area contributed by atoms with Gasteiger partial charge in [0.05, 0.1) is 30.3 Å². The van der Waals surface area contributed by atoms with Gasteiger partial charge in [-0.2, -0.15) is 0 Å². The normalized spacial score (nSPS) is 15.8. The van der Waals surface area contributed by atoms with Gasteiger partial charge in [0.15, 0.2) is 6.10 Å². The van der Waals surface area contributed by atoms with Crippen LogP contribution in [0.15, 0.2) is 36.5 Å². The zero-order valence-corrected chi connectivity index (χ0v) is 19.6. The van der Waals surface area contributed by atoms with E-state index in [0.717, 1.165) is 41.4 Å². The highest BCUT2D eigenvalue weighted by atomic mass is 16.5. The molecule has 0 aliphatic carbocycles. The number of anilines is 2. The fraction of sp³-hybridized carbons (Fsp3) is 0.417. The number of benzene rings is 1. The van der Waals surface area contributed by atoms with Crippen LogP contribution in [-0.4, -0.2) is 73.9 Å². The molecule has 2 N–H and O–H groups in total. The lowest BCUT2D eigenvalue weighted by Crippen LogP contribution is -2.41. The summed E-state index contributed by atoms with van der Waals surface area (Å²) in [6.07, 6.45) is 1.39. The number of aromatic nitrogens is 2. The second kappa shape index (κ2) is 9.78. The number of likely N-dealkylation sites (N-methyl/N-ethyl adjacent to an activating group) is 1. The summed E-state index contributed by atoms with van der Waals surface area (Å²) >= 11 is 0. The van der Waals surface area contributed by atoms with Crippen molar-refractivity contribution in [3.05, 3.63) is 42.2 Å². The van der Waals surface area contributed by atoms with Gasteiger partial charge in [0, 0.05) is 58.3 Å². The minimum absolute atomic E-state index is 0.0760. The molecule has 1 aliphatic rings. The van der Waals surface area contributed by atoms with Crippen LogP contribution in [0.2, 0.25) is 0 Å². The maximum Gasteiger partial charge on any atom is 0.267 e. The van der Waals surface area contributed by atoms with E-state index in [4.69, 9.17) is 24.9 Å². The van der Waals surface area contributed by atoms with Gasteiger partial charge in [0.2, 0.25) is 0 Å². The minimum Gasteiger partial charge on any atom is -0.479 e. The summed E-state index contributed by atoms with van der Waals surface area (Å²) in [4.78, 5) is 21.3. The first-order chi connectivity index (χ1) is 15.9. The van der Waals surface area contributed by atoms with Crippen LogP contribution < -0.4 is 15.4 Å². The second-order valence-corrected chi connectivity index (χ2v) is 8.20. The Kier molecular flexibility index (Phi) is 6.83. The average Bonchev–Trinajstić information content (AvgIpc) is 3.16. The molecule has 3 aromatic rings. The molecule has 0 saturated heterocycles. The van der Waals surface area contributed by atoms with Crippen LogP contribution in [0.25, 0.3) is 16.9 Å². The van der Waals surface area contributed by atoms with Crippen LogP contribution in [-0.2, 0) is 20.8 Å². The fourth-order valence-corrected chi connectivity index (χ4v) is 4.07. The minimum atomic E-state index is -0.503. The first-order valence-electron chi connectivity index (χ1n) is 11.0. The number of amides is 1. The maximum atomic E-state index is 12.5. The number of nitrogens with two attached hydrogens (primary N) is 1. The molecule has 1 aromatic carbocycles. The second-order valence-electron chi connectivity index (χ2n) is 8.20. The van der Waals surface area contributed by atoms with E-state index in [1.54, 1.807) is 33.1 Å². The summed E-state index contributed by atoms with van der Waals surface area (Å²) in [5.41, 5.74) is 11.0. The van der Waals surface area contributed by atoms with E-state index in [2.05, 4.69) is 4.90 Å². The van der Waals surface area contributed by atoms with E-state index in [0.29, 0.717) is 31.2 Å². The number of nitrogens with zero attached hydrogens (tertiary/aromatic N) is 4. The SMILES string of the molecule is COCCN(CCOC)Cc1c(-c2ccc3c(c2)N(C)C(=O)C(C)O3)nc2ccc(N)cn12. The lowest BCUT2D eigenvalue weighted by atomic mass is 10.1. The Labute approximate surface area is 193 Å². The quantitative estimate of drug-likeness (QED) is 0.532. The molecule has 176 valence electrons. The molecule has 3 heterocycles. The molecule has 9 nitrogen and oxygen atoms in total. The third-order valence-corrected chi connectivity index (χ3v) is 5.91. The molecular weight excluding hydrogens is 422 g/mol. The van der Waals surface area contributed by atoms with Crippen molar-refractivity contribution in [2.75, 3.05) is 58.2 Å². The predicted molar refractivity (Wildman–Crippen MR) is 128 cm³/mol. The van der Waals surface area contributed by atoms with Crippen molar-refractivity contribution in [1.82, 2.24) is 14.3 Å². The van der Waals surface area contributed by atoms with E-state index in [1.807, 2.05) is 40.9 Å². The summed E-state index contributed by atoms with van der Waals surface area (Å²) in [7, 11) is 5.16. The number of rotatable bonds is 9. The standard InChI is InChI=1S/C24H31N5O4/c1-16-24(30)27(2)19-13-17(5-7-21(19)33-16)23-20(15-28(9-11-31-3)10-12-32-4)29-14-18(25)6-8-22(29)26-23/h5-8,13-14,16H,9-12,15,25H2,1-4H3. The number of methoxy groups -OCH3 is 2. The van der Waals surface area contributed by atoms with E-state index >= 15 is 0 Å². The highest BCUT2D eigenvalue weighted by Gasteiger charge is 2.29. The summed E-state index contributed by atoms with van der Waals surface area (Å²) in [6.45, 7) is 5.11. The molecule has 33 heavy (non-hydrogen) atoms. The number of hydrogen-bond acceptors (Lipinski definition) is 7. The van der Waals surface area contributed by atoms with Crippen molar-refractivity contribution in [2.45, 2.75) is 19.6 Å². The highest BCUT2D eigenvalue weighted by molar-refractivity contribution is 6.00. The summed E-state index contributed by atoms with van der Waals surface area (Å²) < 4.78 is 18.4. The number of carbonyl (C=O) groups is 1. The van der Waals surface area contributed by atoms with E-state index < -0.39 is 6.10 Å². The van der Waals surface area contributed by atoms with E-state index in [9.17, 15) is 4.79 Å². The molecule has 9 heteroatoms. The third kappa shape index (κ3) is 4.66. The molecule has 0 fully saturated rings. The number of carbonyl (C=O) groups excluding carboxylic acids is 1. The molecule has 1 unspecified atom stereocenters. The van der Waals surface area contributed by atoms with Crippen LogP contribution in [0.3, 0.4) is 0 Å². The Morgan fingerprint density at radius 2 is 1.88 bits per heavy atom. The first kappa shape index (κ1) is 23.0. The topological polar surface area (TPSA) is 94.6 Å². The van der Waals surface area contributed by atoms with Crippen LogP contribution in [0.1, 0.15) is 12.6 Å². The molecule has 2 aromatic heterocycles. The number of nitrogen functional groups attached to an aromatic ring is 1. The Hall–Kier alpha value is -3.14. The first-order valence-corrected chi connectivity index (χ1v) is 11.0. The molecule has 4 rings (SSSR count). The van der Waals surface area contributed by atoms with Crippen molar-refractivity contribution in [2.24, 2.45) is 0 Å². The van der Waals surface area contributed by atoms with Crippen molar-refractivity contribution < 1.29 is 19.0 Å². The molecule has 1 amide bonds. The molecule has 1 atom stereocenters. The third-order valence-electron chi connectivity index (χ3n) is 5.91. The molecule has 0 spiro atoms. The number of pyridine rings is 1. The summed E-state index contributed by atoms with van der Waals surface area (Å²) in [6, 6.07) is 9.61. The Morgan fingerprint density at radius 1 is 1.15 bits per heavy atom. The maximum absolute atomic E-state index is 12.5. The smallest absolute Gasteiger partial charge is 0.267 e. The van der Waals surface area contributed by atoms with Gasteiger partial charge in [-0.05, 0) is 37.3 Å². The predicted octanol–water partition coefficient (Wildman–Crippen LogP) is 2.42. The van der Waals surface area contributed by atoms with Crippen LogP contribution >= 0.6 is 0 Å². The van der Waals surface area contributed by atoms with Gasteiger partial charge in [0.1, 0.15) is 11.4 Å². The van der Waals surface area contributed by atoms with Gasteiger partial charge in [0.25, 0.3) is 5.91 Å². The Bertz CT molecular complexity index is 1140. The zero-order valence-electron chi connectivity index (χ0n) is 19.6. The Balaban J connectivity index is 1.79. The van der Waals surface area contributed by atoms with Crippen LogP contribution in [0, 0.1) is 0 Å². The molecule has 0 radical (unpaired) electrons. The van der Waals surface area contributed by atoms with Crippen molar-refractivity contribution in [3.8, 4) is 17.0 Å². The summed E-state index contributed by atoms with van der Waals surface area (Å²) in [5.74, 6) is 0.609. The highest BCUT2D eigenvalue weighted by Crippen LogP contribution is 2.38. The average molecular weight is 454 g/mol. The number of fused-ring (bicyclic) bond motifs is 2. The van der Waals surface area contributed by atoms with Gasteiger partial charge in [-0.15, -0.1) is 0 Å². The van der Waals surface area contributed by atoms with Crippen molar-refractivity contribution in [3.63, 3.8) is 0 Å². The number of hydrogen-bond donors (Lipinski definition) is 1. The lowest BCUT2D eigenvalue weighted by Gasteiger charge is -2.30. The number of ether oxygens (including phenoxy) is 3. The lowest BCUT2D eigenvalue weighted by molar-refractivity contribution is -0.125. The van der Waals surface area contributed by atoms with Crippen LogP contribution in [0.4, 0.5) is 11.4 Å². The molecule has 0 bridgehead atoms. The number of imidazole rings is 1. The Morgan fingerprint density at radius 3 is 2.58 bits per heavy atom. The van der Waals surface area contributed by atoms with Crippen LogP contribution in [0.5, 0.6) is 5.75 Å². The van der Waals surface area contributed by atoms with Gasteiger partial charge in [-0.3, -0.25) is 9.69 Å². The van der Waals surface area contributed by atoms with Gasteiger partial charge >= 0.3 is 0 Å². The van der Waals surface area contributed by atoms with Crippen molar-refractivity contribution >= 4 is 22.9 Å². The zero-order chi connectivity index (χ0) is 23.5. The largest absolute Gasteiger partial charge is 0.479 e. The fourth-order valence-electron chi connectivity index (χ4n) is 4.07.